The second-order valence-corrected chi connectivity index (χ2v) is 1.69. The lowest BCUT2D eigenvalue weighted by molar-refractivity contribution is -0.0498. The third kappa shape index (κ3) is 4.62. The standard InChI is InChI=1S/C7H6F2O.CH4O/c8-7(9)10-6-4-2-1-3-5-6;1-2/h1-5,7H;2H,1H3. The van der Waals surface area contributed by atoms with Crippen LogP contribution >= 0.6 is 0 Å². The summed E-state index contributed by atoms with van der Waals surface area (Å²) in [5.74, 6) is 0.192. The molecule has 0 aromatic heterocycles. The average molecular weight is 176 g/mol. The first-order valence-electron chi connectivity index (χ1n) is 3.23. The summed E-state index contributed by atoms with van der Waals surface area (Å²) in [5, 5.41) is 7.00. The molecule has 0 amide bonds. The van der Waals surface area contributed by atoms with Gasteiger partial charge in [0.25, 0.3) is 0 Å². The van der Waals surface area contributed by atoms with Crippen LogP contribution in [-0.2, 0) is 0 Å². The SMILES string of the molecule is CO.FC(F)Oc1ccccc1. The van der Waals surface area contributed by atoms with Crippen LogP contribution in [0.25, 0.3) is 0 Å². The summed E-state index contributed by atoms with van der Waals surface area (Å²) in [6, 6.07) is 7.96. The number of hydrogen-bond acceptors (Lipinski definition) is 2. The van der Waals surface area contributed by atoms with Crippen molar-refractivity contribution in [2.24, 2.45) is 0 Å². The van der Waals surface area contributed by atoms with Crippen molar-refractivity contribution in [1.29, 1.82) is 0 Å². The number of rotatable bonds is 2. The molecular weight excluding hydrogens is 166 g/mol. The molecule has 12 heavy (non-hydrogen) atoms. The number of aliphatic hydroxyl groups is 1. The molecule has 0 atom stereocenters. The lowest BCUT2D eigenvalue weighted by atomic mass is 10.3. The summed E-state index contributed by atoms with van der Waals surface area (Å²) in [6.45, 7) is -2.73. The molecule has 0 aliphatic heterocycles. The van der Waals surface area contributed by atoms with E-state index < -0.39 is 6.61 Å². The van der Waals surface area contributed by atoms with Crippen molar-refractivity contribution in [3.05, 3.63) is 30.3 Å². The highest BCUT2D eigenvalue weighted by Crippen LogP contribution is 2.11. The van der Waals surface area contributed by atoms with E-state index in [2.05, 4.69) is 4.74 Å². The van der Waals surface area contributed by atoms with Gasteiger partial charge in [0.05, 0.1) is 0 Å². The van der Waals surface area contributed by atoms with Gasteiger partial charge in [0.1, 0.15) is 5.75 Å². The fraction of sp³-hybridized carbons (Fsp3) is 0.250. The fourth-order valence-corrected chi connectivity index (χ4v) is 0.602. The predicted octanol–water partition coefficient (Wildman–Crippen LogP) is 1.90. The van der Waals surface area contributed by atoms with E-state index in [0.29, 0.717) is 0 Å². The lowest BCUT2D eigenvalue weighted by Crippen LogP contribution is -2.00. The van der Waals surface area contributed by atoms with Gasteiger partial charge in [-0.15, -0.1) is 0 Å². The first-order valence-corrected chi connectivity index (χ1v) is 3.23. The van der Waals surface area contributed by atoms with Gasteiger partial charge in [-0.1, -0.05) is 18.2 Å². The number of halogens is 2. The molecule has 0 spiro atoms. The molecule has 1 rings (SSSR count). The molecule has 0 fully saturated rings. The van der Waals surface area contributed by atoms with Crippen molar-refractivity contribution in [1.82, 2.24) is 0 Å². The Bertz CT molecular complexity index is 190. The smallest absolute Gasteiger partial charge is 0.387 e. The zero-order valence-electron chi connectivity index (χ0n) is 6.58. The van der Waals surface area contributed by atoms with Gasteiger partial charge in [0, 0.05) is 7.11 Å². The zero-order chi connectivity index (χ0) is 9.40. The summed E-state index contributed by atoms with van der Waals surface area (Å²) in [7, 11) is 1.00. The van der Waals surface area contributed by atoms with Crippen molar-refractivity contribution in [3.8, 4) is 5.75 Å². The van der Waals surface area contributed by atoms with Crippen molar-refractivity contribution in [2.75, 3.05) is 7.11 Å². The molecule has 2 nitrogen and oxygen atoms in total. The Hall–Kier alpha value is -1.16. The molecule has 1 aromatic carbocycles. The molecule has 0 radical (unpaired) electrons. The molecule has 0 aliphatic rings. The van der Waals surface area contributed by atoms with E-state index in [1.165, 1.54) is 12.1 Å². The summed E-state index contributed by atoms with van der Waals surface area (Å²) >= 11 is 0. The third-order valence-corrected chi connectivity index (χ3v) is 0.968. The van der Waals surface area contributed by atoms with E-state index in [1.807, 2.05) is 0 Å². The topological polar surface area (TPSA) is 29.5 Å². The van der Waals surface area contributed by atoms with Crippen LogP contribution in [0.4, 0.5) is 8.78 Å². The predicted molar refractivity (Wildman–Crippen MR) is 41.2 cm³/mol. The molecule has 4 heteroatoms. The van der Waals surface area contributed by atoms with Gasteiger partial charge in [-0.25, -0.2) is 0 Å². The second-order valence-electron chi connectivity index (χ2n) is 1.69. The Labute approximate surface area is 69.4 Å². The minimum atomic E-state index is -2.73. The maximum Gasteiger partial charge on any atom is 0.387 e. The molecule has 0 bridgehead atoms. The normalized spacial score (nSPS) is 8.75. The van der Waals surface area contributed by atoms with Gasteiger partial charge in [0.15, 0.2) is 0 Å². The quantitative estimate of drug-likeness (QED) is 0.745. The Morgan fingerprint density at radius 1 is 1.17 bits per heavy atom. The first kappa shape index (κ1) is 10.8. The first-order chi connectivity index (χ1) is 5.79. The lowest BCUT2D eigenvalue weighted by Gasteiger charge is -2.01. The van der Waals surface area contributed by atoms with Gasteiger partial charge in [-0.3, -0.25) is 0 Å². The van der Waals surface area contributed by atoms with E-state index in [1.54, 1.807) is 18.2 Å². The molecule has 0 saturated heterocycles. The van der Waals surface area contributed by atoms with Gasteiger partial charge in [-0.05, 0) is 12.1 Å². The zero-order valence-corrected chi connectivity index (χ0v) is 6.58. The molecule has 1 aromatic rings. The van der Waals surface area contributed by atoms with Crippen LogP contribution in [-0.4, -0.2) is 18.8 Å². The molecule has 1 N–H and O–H groups in total. The minimum Gasteiger partial charge on any atom is -0.435 e. The van der Waals surface area contributed by atoms with Crippen molar-refractivity contribution >= 4 is 0 Å². The van der Waals surface area contributed by atoms with Crippen molar-refractivity contribution in [2.45, 2.75) is 6.61 Å². The summed E-state index contributed by atoms with van der Waals surface area (Å²) < 4.78 is 27.1. The summed E-state index contributed by atoms with van der Waals surface area (Å²) in [4.78, 5) is 0. The Morgan fingerprint density at radius 3 is 2.08 bits per heavy atom. The number of para-hydroxylation sites is 1. The average Bonchev–Trinajstić information content (AvgIpc) is 2.08. The Kier molecular flexibility index (Phi) is 5.91. The van der Waals surface area contributed by atoms with Crippen LogP contribution in [0, 0.1) is 0 Å². The molecule has 68 valence electrons. The maximum absolute atomic E-state index is 11.5. The van der Waals surface area contributed by atoms with Gasteiger partial charge < -0.3 is 9.84 Å². The van der Waals surface area contributed by atoms with E-state index in [4.69, 9.17) is 5.11 Å². The molecule has 0 heterocycles. The van der Waals surface area contributed by atoms with Gasteiger partial charge in [-0.2, -0.15) is 8.78 Å². The van der Waals surface area contributed by atoms with Crippen molar-refractivity contribution < 1.29 is 18.6 Å². The minimum absolute atomic E-state index is 0.192. The van der Waals surface area contributed by atoms with Crippen LogP contribution in [0.1, 0.15) is 0 Å². The molecule has 0 aliphatic carbocycles. The van der Waals surface area contributed by atoms with E-state index in [0.717, 1.165) is 7.11 Å². The van der Waals surface area contributed by atoms with Crippen LogP contribution in [0.5, 0.6) is 5.75 Å². The largest absolute Gasteiger partial charge is 0.435 e. The number of ether oxygens (including phenoxy) is 1. The summed E-state index contributed by atoms with van der Waals surface area (Å²) in [6.07, 6.45) is 0. The van der Waals surface area contributed by atoms with E-state index >= 15 is 0 Å². The number of benzene rings is 1. The van der Waals surface area contributed by atoms with Gasteiger partial charge >= 0.3 is 6.61 Å². The number of hydrogen-bond donors (Lipinski definition) is 1. The molecule has 0 saturated carbocycles. The monoisotopic (exact) mass is 176 g/mol. The molecular formula is C8H10F2O2. The summed E-state index contributed by atoms with van der Waals surface area (Å²) in [5.41, 5.74) is 0. The van der Waals surface area contributed by atoms with Crippen molar-refractivity contribution in [3.63, 3.8) is 0 Å². The van der Waals surface area contributed by atoms with Crippen LogP contribution in [0.2, 0.25) is 0 Å². The highest BCUT2D eigenvalue weighted by molar-refractivity contribution is 5.20. The van der Waals surface area contributed by atoms with Crippen LogP contribution in [0.3, 0.4) is 0 Å². The van der Waals surface area contributed by atoms with Crippen LogP contribution < -0.4 is 4.74 Å². The van der Waals surface area contributed by atoms with E-state index in [9.17, 15) is 8.78 Å². The number of aliphatic hydroxyl groups excluding tert-OH is 1. The Balaban J connectivity index is 0.000000561. The van der Waals surface area contributed by atoms with Crippen LogP contribution in [0.15, 0.2) is 30.3 Å². The fourth-order valence-electron chi connectivity index (χ4n) is 0.602. The number of alkyl halides is 2. The second kappa shape index (κ2) is 6.54. The van der Waals surface area contributed by atoms with Gasteiger partial charge in [0.2, 0.25) is 0 Å². The highest BCUT2D eigenvalue weighted by Gasteiger charge is 2.01. The Morgan fingerprint density at radius 2 is 1.67 bits per heavy atom. The highest BCUT2D eigenvalue weighted by atomic mass is 19.3. The third-order valence-electron chi connectivity index (χ3n) is 0.968. The molecule has 0 unspecified atom stereocenters. The maximum atomic E-state index is 11.5. The van der Waals surface area contributed by atoms with E-state index in [-0.39, 0.29) is 5.75 Å².